The molecule has 1 fully saturated rings. The topological polar surface area (TPSA) is 67.9 Å². The molecule has 0 bridgehead atoms. The standard InChI is InChI=1S/C21H28N2O4S/c1-3-19-14-20(8-9-21(19)26-2)28(24,25)22-15-17-4-6-18(7-5-17)16-23-10-12-27-13-11-23/h4-9,14,22H,3,10-13,15-16H2,1-2H3. The number of sulfonamides is 1. The third kappa shape index (κ3) is 5.32. The van der Waals surface area contributed by atoms with Gasteiger partial charge in [0.15, 0.2) is 0 Å². The third-order valence-corrected chi connectivity index (χ3v) is 6.34. The number of nitrogens with zero attached hydrogens (tertiary/aromatic N) is 1. The van der Waals surface area contributed by atoms with Gasteiger partial charge in [0.2, 0.25) is 10.0 Å². The molecule has 1 aliphatic heterocycles. The quantitative estimate of drug-likeness (QED) is 0.732. The molecule has 1 N–H and O–H groups in total. The first-order valence-electron chi connectivity index (χ1n) is 9.56. The highest BCUT2D eigenvalue weighted by Gasteiger charge is 2.16. The van der Waals surface area contributed by atoms with Crippen LogP contribution in [0.5, 0.6) is 5.75 Å². The van der Waals surface area contributed by atoms with Gasteiger partial charge in [-0.2, -0.15) is 0 Å². The van der Waals surface area contributed by atoms with Crippen LogP contribution in [-0.2, 0) is 34.3 Å². The maximum absolute atomic E-state index is 12.6. The van der Waals surface area contributed by atoms with Crippen molar-refractivity contribution in [1.82, 2.24) is 9.62 Å². The third-order valence-electron chi connectivity index (χ3n) is 4.94. The molecule has 0 atom stereocenters. The summed E-state index contributed by atoms with van der Waals surface area (Å²) in [5, 5.41) is 0. The van der Waals surface area contributed by atoms with Crippen molar-refractivity contribution >= 4 is 10.0 Å². The number of nitrogens with one attached hydrogen (secondary N) is 1. The van der Waals surface area contributed by atoms with Crippen LogP contribution < -0.4 is 9.46 Å². The van der Waals surface area contributed by atoms with Gasteiger partial charge in [0.1, 0.15) is 5.75 Å². The lowest BCUT2D eigenvalue weighted by Crippen LogP contribution is -2.35. The Hall–Kier alpha value is -1.93. The van der Waals surface area contributed by atoms with Crippen molar-refractivity contribution in [1.29, 1.82) is 0 Å². The van der Waals surface area contributed by atoms with Gasteiger partial charge >= 0.3 is 0 Å². The highest BCUT2D eigenvalue weighted by molar-refractivity contribution is 7.89. The Bertz CT molecular complexity index is 876. The maximum Gasteiger partial charge on any atom is 0.240 e. The number of benzene rings is 2. The summed E-state index contributed by atoms with van der Waals surface area (Å²) in [5.74, 6) is 0.706. The molecular formula is C21H28N2O4S. The number of aryl methyl sites for hydroxylation is 1. The van der Waals surface area contributed by atoms with Crippen molar-refractivity contribution in [3.05, 3.63) is 59.2 Å². The molecule has 0 radical (unpaired) electrons. The Morgan fingerprint density at radius 3 is 2.39 bits per heavy atom. The minimum atomic E-state index is -3.58. The van der Waals surface area contributed by atoms with Crippen LogP contribution in [0.3, 0.4) is 0 Å². The van der Waals surface area contributed by atoms with E-state index in [1.54, 1.807) is 25.3 Å². The van der Waals surface area contributed by atoms with E-state index in [9.17, 15) is 8.42 Å². The highest BCUT2D eigenvalue weighted by Crippen LogP contribution is 2.23. The van der Waals surface area contributed by atoms with Gasteiger partial charge in [-0.3, -0.25) is 4.90 Å². The van der Waals surface area contributed by atoms with Crippen molar-refractivity contribution in [2.75, 3.05) is 33.4 Å². The van der Waals surface area contributed by atoms with Crippen molar-refractivity contribution in [3.8, 4) is 5.75 Å². The zero-order valence-electron chi connectivity index (χ0n) is 16.5. The van der Waals surface area contributed by atoms with Gasteiger partial charge < -0.3 is 9.47 Å². The van der Waals surface area contributed by atoms with E-state index in [0.717, 1.165) is 44.0 Å². The Kier molecular flexibility index (Phi) is 7.07. The van der Waals surface area contributed by atoms with Crippen LogP contribution in [0.2, 0.25) is 0 Å². The molecule has 28 heavy (non-hydrogen) atoms. The Balaban J connectivity index is 1.61. The fourth-order valence-electron chi connectivity index (χ4n) is 3.24. The van der Waals surface area contributed by atoms with E-state index in [1.807, 2.05) is 19.1 Å². The molecule has 1 saturated heterocycles. The highest BCUT2D eigenvalue weighted by atomic mass is 32.2. The molecule has 0 amide bonds. The normalized spacial score (nSPS) is 15.5. The fourth-order valence-corrected chi connectivity index (χ4v) is 4.31. The van der Waals surface area contributed by atoms with Crippen LogP contribution in [-0.4, -0.2) is 46.7 Å². The molecule has 2 aromatic rings. The van der Waals surface area contributed by atoms with Crippen molar-refractivity contribution in [3.63, 3.8) is 0 Å². The van der Waals surface area contributed by atoms with Gasteiger partial charge in [-0.1, -0.05) is 31.2 Å². The van der Waals surface area contributed by atoms with Gasteiger partial charge in [-0.15, -0.1) is 0 Å². The first-order valence-corrected chi connectivity index (χ1v) is 11.0. The van der Waals surface area contributed by atoms with Crippen LogP contribution in [0, 0.1) is 0 Å². The Morgan fingerprint density at radius 1 is 1.07 bits per heavy atom. The largest absolute Gasteiger partial charge is 0.496 e. The number of rotatable bonds is 8. The molecule has 0 aliphatic carbocycles. The van der Waals surface area contributed by atoms with Crippen molar-refractivity contribution in [2.45, 2.75) is 31.3 Å². The molecule has 2 aromatic carbocycles. The summed E-state index contributed by atoms with van der Waals surface area (Å²) in [6.45, 7) is 6.58. The zero-order valence-corrected chi connectivity index (χ0v) is 17.3. The summed E-state index contributed by atoms with van der Waals surface area (Å²) < 4.78 is 38.6. The lowest BCUT2D eigenvalue weighted by molar-refractivity contribution is 0.0342. The minimum absolute atomic E-state index is 0.258. The second-order valence-electron chi connectivity index (χ2n) is 6.86. The molecule has 1 aliphatic rings. The molecule has 0 saturated carbocycles. The second kappa shape index (κ2) is 9.52. The molecule has 6 nitrogen and oxygen atoms in total. The van der Waals surface area contributed by atoms with Gasteiger partial charge in [-0.05, 0) is 41.3 Å². The molecule has 3 rings (SSSR count). The van der Waals surface area contributed by atoms with E-state index in [-0.39, 0.29) is 11.4 Å². The number of ether oxygens (including phenoxy) is 2. The monoisotopic (exact) mass is 404 g/mol. The maximum atomic E-state index is 12.6. The number of hydrogen-bond acceptors (Lipinski definition) is 5. The van der Waals surface area contributed by atoms with Crippen LogP contribution in [0.1, 0.15) is 23.6 Å². The van der Waals surface area contributed by atoms with Crippen LogP contribution in [0.25, 0.3) is 0 Å². The van der Waals surface area contributed by atoms with Crippen molar-refractivity contribution < 1.29 is 17.9 Å². The summed E-state index contributed by atoms with van der Waals surface area (Å²) >= 11 is 0. The lowest BCUT2D eigenvalue weighted by Gasteiger charge is -2.26. The van der Waals surface area contributed by atoms with Crippen LogP contribution in [0.15, 0.2) is 47.4 Å². The smallest absolute Gasteiger partial charge is 0.240 e. The van der Waals surface area contributed by atoms with E-state index in [4.69, 9.17) is 9.47 Å². The van der Waals surface area contributed by atoms with E-state index in [2.05, 4.69) is 21.8 Å². The average molecular weight is 405 g/mol. The van der Waals surface area contributed by atoms with E-state index in [1.165, 1.54) is 5.56 Å². The zero-order chi connectivity index (χ0) is 20.0. The molecule has 0 aromatic heterocycles. The van der Waals surface area contributed by atoms with Gasteiger partial charge in [-0.25, -0.2) is 13.1 Å². The average Bonchev–Trinajstić information content (AvgIpc) is 2.73. The Morgan fingerprint density at radius 2 is 1.75 bits per heavy atom. The SMILES string of the molecule is CCc1cc(S(=O)(=O)NCc2ccc(CN3CCOCC3)cc2)ccc1OC. The van der Waals surface area contributed by atoms with Crippen LogP contribution in [0.4, 0.5) is 0 Å². The van der Waals surface area contributed by atoms with Gasteiger partial charge in [0.25, 0.3) is 0 Å². The molecular weight excluding hydrogens is 376 g/mol. The van der Waals surface area contributed by atoms with Crippen molar-refractivity contribution in [2.24, 2.45) is 0 Å². The fraction of sp³-hybridized carbons (Fsp3) is 0.429. The number of methoxy groups -OCH3 is 1. The lowest BCUT2D eigenvalue weighted by atomic mass is 10.1. The summed E-state index contributed by atoms with van der Waals surface area (Å²) in [4.78, 5) is 2.62. The molecule has 1 heterocycles. The van der Waals surface area contributed by atoms with E-state index < -0.39 is 10.0 Å². The first kappa shape index (κ1) is 20.8. The van der Waals surface area contributed by atoms with Gasteiger partial charge in [0, 0.05) is 26.2 Å². The first-order chi connectivity index (χ1) is 13.5. The summed E-state index contributed by atoms with van der Waals surface area (Å²) in [6.07, 6.45) is 0.705. The summed E-state index contributed by atoms with van der Waals surface area (Å²) in [7, 11) is -1.99. The van der Waals surface area contributed by atoms with Gasteiger partial charge in [0.05, 0.1) is 25.2 Å². The molecule has 0 spiro atoms. The molecule has 152 valence electrons. The molecule has 0 unspecified atom stereocenters. The predicted molar refractivity (Wildman–Crippen MR) is 109 cm³/mol. The minimum Gasteiger partial charge on any atom is -0.496 e. The number of morpholine rings is 1. The second-order valence-corrected chi connectivity index (χ2v) is 8.62. The van der Waals surface area contributed by atoms with Crippen LogP contribution >= 0.6 is 0 Å². The van der Waals surface area contributed by atoms with E-state index in [0.29, 0.717) is 12.2 Å². The van der Waals surface area contributed by atoms with E-state index >= 15 is 0 Å². The summed E-state index contributed by atoms with van der Waals surface area (Å²) in [6, 6.07) is 13.0. The predicted octanol–water partition coefficient (Wildman–Crippen LogP) is 2.57. The molecule has 7 heteroatoms. The Labute approximate surface area is 167 Å². The summed E-state index contributed by atoms with van der Waals surface area (Å²) in [5.41, 5.74) is 3.02. The number of hydrogen-bond donors (Lipinski definition) is 1.